The Balaban J connectivity index is 2.10. The van der Waals surface area contributed by atoms with Crippen molar-refractivity contribution in [3.63, 3.8) is 0 Å². The Hall–Kier alpha value is -2.83. The molecule has 0 aliphatic rings. The van der Waals surface area contributed by atoms with E-state index in [1.807, 2.05) is 30.3 Å². The zero-order chi connectivity index (χ0) is 20.1. The highest BCUT2D eigenvalue weighted by Crippen LogP contribution is 2.19. The Morgan fingerprint density at radius 1 is 1.11 bits per heavy atom. The van der Waals surface area contributed by atoms with Crippen molar-refractivity contribution in [3.05, 3.63) is 86.8 Å². The first-order valence-electron chi connectivity index (χ1n) is 8.45. The van der Waals surface area contributed by atoms with E-state index in [1.54, 1.807) is 24.3 Å². The van der Waals surface area contributed by atoms with Crippen LogP contribution in [0.5, 0.6) is 0 Å². The lowest BCUT2D eigenvalue weighted by atomic mass is 10.1. The zero-order valence-corrected chi connectivity index (χ0v) is 16.2. The normalized spacial score (nSPS) is 11.6. The number of carboxylic acids is 1. The fourth-order valence-electron chi connectivity index (χ4n) is 2.82. The van der Waals surface area contributed by atoms with Crippen molar-refractivity contribution < 1.29 is 9.90 Å². The van der Waals surface area contributed by atoms with Gasteiger partial charge in [0.05, 0.1) is 46.5 Å². The number of carboxylic acid groups (broad SMARTS) is 1. The van der Waals surface area contributed by atoms with Gasteiger partial charge in [0, 0.05) is 0 Å². The maximum absolute atomic E-state index is 13.1. The number of hydrogen-bond acceptors (Lipinski definition) is 3. The molecule has 0 unspecified atom stereocenters. The van der Waals surface area contributed by atoms with E-state index in [2.05, 4.69) is 10.1 Å². The number of aromatic amines is 1. The number of rotatable bonds is 7. The molecule has 0 aliphatic heterocycles. The summed E-state index contributed by atoms with van der Waals surface area (Å²) in [4.78, 5) is 28.8. The van der Waals surface area contributed by atoms with Crippen LogP contribution in [0.4, 0.5) is 0 Å². The summed E-state index contributed by atoms with van der Waals surface area (Å²) in [5.41, 5.74) is 1.64. The standard InChI is InChI=1S/C20H17Cl2N3O3/c21-11-16(23-12-13-6-2-1-3-7-13)19-15(10-18(26)27)24-25(20(19)28)17-9-5-4-8-14(17)22/h1-9,24H,10-12H2,(H,26,27). The van der Waals surface area contributed by atoms with E-state index in [4.69, 9.17) is 23.2 Å². The molecule has 2 aromatic carbocycles. The van der Waals surface area contributed by atoms with Crippen LogP contribution in [0.3, 0.4) is 0 Å². The molecule has 0 radical (unpaired) electrons. The lowest BCUT2D eigenvalue weighted by molar-refractivity contribution is -0.136. The first-order valence-corrected chi connectivity index (χ1v) is 9.36. The summed E-state index contributed by atoms with van der Waals surface area (Å²) in [6.45, 7) is 0.326. The average Bonchev–Trinajstić information content (AvgIpc) is 2.99. The second-order valence-electron chi connectivity index (χ2n) is 6.01. The van der Waals surface area contributed by atoms with Crippen molar-refractivity contribution in [2.45, 2.75) is 13.0 Å². The van der Waals surface area contributed by atoms with Crippen LogP contribution in [-0.2, 0) is 17.8 Å². The minimum atomic E-state index is -1.08. The Morgan fingerprint density at radius 2 is 1.79 bits per heavy atom. The first kappa shape index (κ1) is 19.9. The van der Waals surface area contributed by atoms with Crippen LogP contribution in [-0.4, -0.2) is 32.4 Å². The summed E-state index contributed by atoms with van der Waals surface area (Å²) in [5, 5.41) is 12.5. The molecule has 0 bridgehead atoms. The third kappa shape index (κ3) is 4.35. The van der Waals surface area contributed by atoms with Crippen LogP contribution in [0.1, 0.15) is 16.8 Å². The number of para-hydroxylation sites is 1. The van der Waals surface area contributed by atoms with Gasteiger partial charge in [-0.15, -0.1) is 11.6 Å². The van der Waals surface area contributed by atoms with Crippen molar-refractivity contribution in [3.8, 4) is 5.69 Å². The molecule has 144 valence electrons. The molecule has 3 rings (SSSR count). The predicted octanol–water partition coefficient (Wildman–Crippen LogP) is 3.67. The van der Waals surface area contributed by atoms with Gasteiger partial charge in [-0.3, -0.25) is 19.7 Å². The maximum Gasteiger partial charge on any atom is 0.309 e. The van der Waals surface area contributed by atoms with Crippen LogP contribution in [0.15, 0.2) is 64.4 Å². The first-order chi connectivity index (χ1) is 13.5. The third-order valence-corrected chi connectivity index (χ3v) is 4.67. The lowest BCUT2D eigenvalue weighted by Gasteiger charge is -2.03. The second kappa shape index (κ2) is 8.91. The second-order valence-corrected chi connectivity index (χ2v) is 6.68. The Kier molecular flexibility index (Phi) is 6.34. The summed E-state index contributed by atoms with van der Waals surface area (Å²) in [5.74, 6) is -1.11. The molecule has 0 fully saturated rings. The lowest BCUT2D eigenvalue weighted by Crippen LogP contribution is -2.22. The van der Waals surface area contributed by atoms with Crippen molar-refractivity contribution in [1.29, 1.82) is 0 Å². The van der Waals surface area contributed by atoms with Crippen LogP contribution >= 0.6 is 23.2 Å². The van der Waals surface area contributed by atoms with Gasteiger partial charge in [-0.1, -0.05) is 54.1 Å². The number of aliphatic carboxylic acids is 1. The third-order valence-electron chi connectivity index (χ3n) is 4.10. The monoisotopic (exact) mass is 417 g/mol. The molecular weight excluding hydrogens is 401 g/mol. The highest BCUT2D eigenvalue weighted by atomic mass is 35.5. The Bertz CT molecular complexity index is 1070. The number of benzene rings is 2. The summed E-state index contributed by atoms with van der Waals surface area (Å²) >= 11 is 12.3. The molecule has 0 saturated carbocycles. The number of carbonyl (C=O) groups is 1. The number of nitrogens with zero attached hydrogens (tertiary/aromatic N) is 2. The van der Waals surface area contributed by atoms with Crippen molar-refractivity contribution >= 4 is 34.9 Å². The quantitative estimate of drug-likeness (QED) is 0.453. The average molecular weight is 418 g/mol. The zero-order valence-electron chi connectivity index (χ0n) is 14.7. The number of alkyl halides is 1. The SMILES string of the molecule is O=C(O)Cc1[nH]n(-c2ccccc2Cl)c(=O)c1C(CCl)=NCc1ccccc1. The summed E-state index contributed by atoms with van der Waals surface area (Å²) in [6, 6.07) is 16.3. The van der Waals surface area contributed by atoms with Crippen molar-refractivity contribution in [1.82, 2.24) is 9.78 Å². The van der Waals surface area contributed by atoms with Crippen LogP contribution < -0.4 is 5.56 Å². The molecule has 1 aromatic heterocycles. The van der Waals surface area contributed by atoms with Gasteiger partial charge in [0.15, 0.2) is 0 Å². The van der Waals surface area contributed by atoms with Crippen molar-refractivity contribution in [2.75, 3.05) is 5.88 Å². The summed E-state index contributed by atoms with van der Waals surface area (Å²) < 4.78 is 1.22. The van der Waals surface area contributed by atoms with Gasteiger partial charge in [-0.2, -0.15) is 0 Å². The highest BCUT2D eigenvalue weighted by Gasteiger charge is 2.22. The minimum Gasteiger partial charge on any atom is -0.481 e. The Labute approximate surface area is 171 Å². The van der Waals surface area contributed by atoms with Gasteiger partial charge in [-0.25, -0.2) is 4.68 Å². The number of halogens is 2. The van der Waals surface area contributed by atoms with E-state index in [9.17, 15) is 14.7 Å². The topological polar surface area (TPSA) is 87.5 Å². The van der Waals surface area contributed by atoms with E-state index in [1.165, 1.54) is 4.68 Å². The number of H-pyrrole nitrogens is 1. The van der Waals surface area contributed by atoms with Crippen LogP contribution in [0, 0.1) is 0 Å². The number of aromatic nitrogens is 2. The van der Waals surface area contributed by atoms with Gasteiger partial charge < -0.3 is 5.11 Å². The van der Waals surface area contributed by atoms with Gasteiger partial charge in [-0.05, 0) is 17.7 Å². The predicted molar refractivity (Wildman–Crippen MR) is 110 cm³/mol. The fourth-order valence-corrected chi connectivity index (χ4v) is 3.26. The highest BCUT2D eigenvalue weighted by molar-refractivity contribution is 6.32. The van der Waals surface area contributed by atoms with Crippen molar-refractivity contribution in [2.24, 2.45) is 4.99 Å². The van der Waals surface area contributed by atoms with E-state index in [0.29, 0.717) is 23.0 Å². The van der Waals surface area contributed by atoms with E-state index < -0.39 is 11.5 Å². The summed E-state index contributed by atoms with van der Waals surface area (Å²) in [7, 11) is 0. The number of hydrogen-bond donors (Lipinski definition) is 2. The minimum absolute atomic E-state index is 0.0327. The van der Waals surface area contributed by atoms with Gasteiger partial charge in [0.1, 0.15) is 0 Å². The molecule has 1 heterocycles. The van der Waals surface area contributed by atoms with Crippen LogP contribution in [0.2, 0.25) is 5.02 Å². The van der Waals surface area contributed by atoms with Gasteiger partial charge in [0.25, 0.3) is 5.56 Å². The molecule has 0 aliphatic carbocycles. The number of aliphatic imine (C=N–C) groups is 1. The Morgan fingerprint density at radius 3 is 2.43 bits per heavy atom. The van der Waals surface area contributed by atoms with E-state index >= 15 is 0 Å². The molecule has 2 N–H and O–H groups in total. The van der Waals surface area contributed by atoms with Crippen LogP contribution in [0.25, 0.3) is 5.69 Å². The largest absolute Gasteiger partial charge is 0.481 e. The van der Waals surface area contributed by atoms with E-state index in [-0.39, 0.29) is 23.6 Å². The fraction of sp³-hybridized carbons (Fsp3) is 0.150. The molecule has 8 heteroatoms. The molecule has 3 aromatic rings. The molecule has 28 heavy (non-hydrogen) atoms. The number of nitrogens with one attached hydrogen (secondary N) is 1. The molecule has 0 atom stereocenters. The molecular formula is C20H17Cl2N3O3. The molecule has 0 saturated heterocycles. The van der Waals surface area contributed by atoms with Gasteiger partial charge >= 0.3 is 5.97 Å². The summed E-state index contributed by atoms with van der Waals surface area (Å²) in [6.07, 6.45) is -0.372. The molecule has 0 amide bonds. The molecule has 6 nitrogen and oxygen atoms in total. The smallest absolute Gasteiger partial charge is 0.309 e. The maximum atomic E-state index is 13.1. The van der Waals surface area contributed by atoms with Gasteiger partial charge in [0.2, 0.25) is 0 Å². The molecule has 0 spiro atoms. The van der Waals surface area contributed by atoms with E-state index in [0.717, 1.165) is 5.56 Å².